The average Bonchev–Trinajstić information content (AvgIpc) is 3.45. The SMILES string of the molecule is CO[C@@H]1C[C@@](O)([C@H](C)NC(=O)c2[nH]c(C)c(Cl)c2Cl)[C@H](O)[C@@H](C)O1.CO[C@H]1C[C@@](O)([C@H](C)NC(=O)c2[nH]c(C)c(Cl)c2Cl)[C@H](O)[C@@H](C)O1. The third-order valence-corrected chi connectivity index (χ3v) is 10.8. The van der Waals surface area contributed by atoms with E-state index in [4.69, 9.17) is 65.4 Å². The van der Waals surface area contributed by atoms with Gasteiger partial charge in [-0.3, -0.25) is 9.59 Å². The summed E-state index contributed by atoms with van der Waals surface area (Å²) in [5.74, 6) is -1.06. The molecule has 18 heteroatoms. The first-order chi connectivity index (χ1) is 22.2. The van der Waals surface area contributed by atoms with Crippen molar-refractivity contribution in [3.05, 3.63) is 42.9 Å². The standard InChI is InChI=1S/2C15H22Cl2N2O5/c2*1-6-10(16)11(17)12(18-6)14(21)19-8(3)15(22)5-9(23-4)24-7(2)13(15)20/h2*7-9,13,18,20,22H,5H2,1-4H3,(H,19,21)/t7-,8+,9+,13-,15-;7-,8+,9-,13-,15-/m11/s1. The van der Waals surface area contributed by atoms with E-state index < -0.39 is 72.1 Å². The van der Waals surface area contributed by atoms with Crippen LogP contribution in [0.2, 0.25) is 20.1 Å². The molecule has 2 amide bonds. The maximum atomic E-state index is 12.4. The molecule has 2 aliphatic heterocycles. The van der Waals surface area contributed by atoms with Crippen LogP contribution in [0.3, 0.4) is 0 Å². The van der Waals surface area contributed by atoms with Gasteiger partial charge in [-0.25, -0.2) is 0 Å². The number of hydrogen-bond donors (Lipinski definition) is 8. The van der Waals surface area contributed by atoms with Gasteiger partial charge >= 0.3 is 0 Å². The molecule has 14 nitrogen and oxygen atoms in total. The monoisotopic (exact) mass is 760 g/mol. The Labute approximate surface area is 298 Å². The third kappa shape index (κ3) is 8.27. The predicted molar refractivity (Wildman–Crippen MR) is 179 cm³/mol. The van der Waals surface area contributed by atoms with Gasteiger partial charge in [0.2, 0.25) is 0 Å². The molecule has 2 aromatic heterocycles. The number of carbonyl (C=O) groups excluding carboxylic acids is 2. The second kappa shape index (κ2) is 16.1. The van der Waals surface area contributed by atoms with E-state index in [0.717, 1.165) is 0 Å². The van der Waals surface area contributed by atoms with Crippen molar-refractivity contribution in [2.24, 2.45) is 0 Å². The Bertz CT molecular complexity index is 1350. The Balaban J connectivity index is 0.000000260. The molecule has 48 heavy (non-hydrogen) atoms. The number of aromatic amines is 2. The number of rotatable bonds is 8. The van der Waals surface area contributed by atoms with E-state index in [0.29, 0.717) is 11.4 Å². The largest absolute Gasteiger partial charge is 0.387 e. The number of ether oxygens (including phenoxy) is 4. The molecule has 2 fully saturated rings. The van der Waals surface area contributed by atoms with Crippen LogP contribution in [-0.2, 0) is 18.9 Å². The predicted octanol–water partition coefficient (Wildman–Crippen LogP) is 3.24. The highest BCUT2D eigenvalue weighted by Gasteiger charge is 2.52. The maximum absolute atomic E-state index is 12.4. The number of aliphatic hydroxyl groups is 4. The van der Waals surface area contributed by atoms with Crippen molar-refractivity contribution in [1.82, 2.24) is 20.6 Å². The minimum Gasteiger partial charge on any atom is -0.387 e. The van der Waals surface area contributed by atoms with Crippen molar-refractivity contribution in [2.75, 3.05) is 14.2 Å². The van der Waals surface area contributed by atoms with Gasteiger partial charge in [0.05, 0.1) is 44.4 Å². The minimum absolute atomic E-state index is 0.00863. The summed E-state index contributed by atoms with van der Waals surface area (Å²) in [7, 11) is 2.89. The van der Waals surface area contributed by atoms with Crippen molar-refractivity contribution in [1.29, 1.82) is 0 Å². The van der Waals surface area contributed by atoms with Gasteiger partial charge in [0.1, 0.15) is 34.8 Å². The number of H-pyrrole nitrogens is 2. The third-order valence-electron chi connectivity index (χ3n) is 8.92. The summed E-state index contributed by atoms with van der Waals surface area (Å²) in [6.45, 7) is 9.82. The zero-order chi connectivity index (χ0) is 36.5. The summed E-state index contributed by atoms with van der Waals surface area (Å²) in [6, 6.07) is -1.58. The molecule has 0 spiro atoms. The fraction of sp³-hybridized carbons (Fsp3) is 0.667. The van der Waals surface area contributed by atoms with Crippen LogP contribution >= 0.6 is 46.4 Å². The van der Waals surface area contributed by atoms with Crippen LogP contribution in [0.4, 0.5) is 0 Å². The zero-order valence-electron chi connectivity index (χ0n) is 27.8. The quantitative estimate of drug-likeness (QED) is 0.197. The number of aliphatic hydroxyl groups excluding tert-OH is 2. The van der Waals surface area contributed by atoms with Gasteiger partial charge in [-0.2, -0.15) is 0 Å². The summed E-state index contributed by atoms with van der Waals surface area (Å²) < 4.78 is 21.1. The van der Waals surface area contributed by atoms with Crippen LogP contribution in [0, 0.1) is 13.8 Å². The Kier molecular flexibility index (Phi) is 13.7. The number of aromatic nitrogens is 2. The smallest absolute Gasteiger partial charge is 0.269 e. The van der Waals surface area contributed by atoms with Crippen molar-refractivity contribution in [2.45, 2.75) is 115 Å². The van der Waals surface area contributed by atoms with E-state index in [1.165, 1.54) is 14.2 Å². The molecule has 10 atom stereocenters. The summed E-state index contributed by atoms with van der Waals surface area (Å²) in [5, 5.41) is 48.5. The molecular weight excluding hydrogens is 718 g/mol. The Morgan fingerprint density at radius 2 is 1.06 bits per heavy atom. The molecular formula is C30H44Cl4N4O10. The molecule has 0 aliphatic carbocycles. The van der Waals surface area contributed by atoms with E-state index in [1.54, 1.807) is 41.5 Å². The number of hydrogen-bond acceptors (Lipinski definition) is 10. The Morgan fingerprint density at radius 1 is 0.750 bits per heavy atom. The maximum Gasteiger partial charge on any atom is 0.269 e. The van der Waals surface area contributed by atoms with Crippen LogP contribution in [0.25, 0.3) is 0 Å². The summed E-state index contributed by atoms with van der Waals surface area (Å²) in [4.78, 5) is 30.5. The fourth-order valence-electron chi connectivity index (χ4n) is 5.70. The molecule has 2 aromatic rings. The van der Waals surface area contributed by atoms with Crippen molar-refractivity contribution in [3.8, 4) is 0 Å². The number of halogens is 4. The first-order valence-electron chi connectivity index (χ1n) is 15.1. The van der Waals surface area contributed by atoms with Crippen LogP contribution < -0.4 is 10.6 Å². The highest BCUT2D eigenvalue weighted by Crippen LogP contribution is 2.35. The molecule has 4 heterocycles. The lowest BCUT2D eigenvalue weighted by molar-refractivity contribution is -0.275. The lowest BCUT2D eigenvalue weighted by Crippen LogP contribution is -2.65. The van der Waals surface area contributed by atoms with E-state index in [1.807, 2.05) is 0 Å². The number of carbonyl (C=O) groups is 2. The Morgan fingerprint density at radius 3 is 1.31 bits per heavy atom. The minimum atomic E-state index is -1.62. The van der Waals surface area contributed by atoms with Gasteiger partial charge in [-0.05, 0) is 41.5 Å². The van der Waals surface area contributed by atoms with Gasteiger partial charge in [0.25, 0.3) is 11.8 Å². The van der Waals surface area contributed by atoms with Gasteiger partial charge in [0.15, 0.2) is 12.6 Å². The normalized spacial score (nSPS) is 31.8. The molecule has 2 aliphatic rings. The van der Waals surface area contributed by atoms with Gasteiger partial charge in [-0.1, -0.05) is 46.4 Å². The number of methoxy groups -OCH3 is 2. The summed E-state index contributed by atoms with van der Waals surface area (Å²) in [6.07, 6.45) is -5.04. The topological polar surface area (TPSA) is 208 Å². The highest BCUT2D eigenvalue weighted by atomic mass is 35.5. The van der Waals surface area contributed by atoms with E-state index in [2.05, 4.69) is 20.6 Å². The Hall–Kier alpha value is -1.66. The first kappa shape index (κ1) is 40.8. The fourth-order valence-corrected chi connectivity index (χ4v) is 6.53. The lowest BCUT2D eigenvalue weighted by Gasteiger charge is -2.46. The second-order valence-electron chi connectivity index (χ2n) is 12.2. The van der Waals surface area contributed by atoms with Gasteiger partial charge in [0, 0.05) is 38.4 Å². The van der Waals surface area contributed by atoms with Crippen LogP contribution in [-0.4, -0.2) is 117 Å². The number of nitrogens with one attached hydrogen (secondary N) is 4. The molecule has 0 aromatic carbocycles. The number of amides is 2. The van der Waals surface area contributed by atoms with Gasteiger partial charge in [-0.15, -0.1) is 0 Å². The van der Waals surface area contributed by atoms with Crippen molar-refractivity contribution >= 4 is 58.2 Å². The first-order valence-corrected chi connectivity index (χ1v) is 16.6. The summed E-state index contributed by atoms with van der Waals surface area (Å²) in [5.41, 5.74) is -1.90. The molecule has 0 unspecified atom stereocenters. The molecule has 2 saturated heterocycles. The molecule has 272 valence electrons. The zero-order valence-corrected chi connectivity index (χ0v) is 30.8. The summed E-state index contributed by atoms with van der Waals surface area (Å²) >= 11 is 24.0. The number of aryl methyl sites for hydroxylation is 2. The van der Waals surface area contributed by atoms with Crippen LogP contribution in [0.15, 0.2) is 0 Å². The average molecular weight is 763 g/mol. The van der Waals surface area contributed by atoms with Crippen LogP contribution in [0.5, 0.6) is 0 Å². The molecule has 8 N–H and O–H groups in total. The van der Waals surface area contributed by atoms with E-state index in [-0.39, 0.29) is 44.3 Å². The molecule has 0 bridgehead atoms. The van der Waals surface area contributed by atoms with Crippen molar-refractivity contribution in [3.63, 3.8) is 0 Å². The van der Waals surface area contributed by atoms with Crippen molar-refractivity contribution < 1.29 is 49.0 Å². The second-order valence-corrected chi connectivity index (χ2v) is 13.7. The highest BCUT2D eigenvalue weighted by molar-refractivity contribution is 6.45. The molecule has 0 radical (unpaired) electrons. The lowest BCUT2D eigenvalue weighted by atomic mass is 9.81. The van der Waals surface area contributed by atoms with E-state index >= 15 is 0 Å². The van der Waals surface area contributed by atoms with E-state index in [9.17, 15) is 30.0 Å². The molecule has 4 rings (SSSR count). The molecule has 0 saturated carbocycles. The van der Waals surface area contributed by atoms with Gasteiger partial charge < -0.3 is 60.0 Å². The van der Waals surface area contributed by atoms with Crippen LogP contribution in [0.1, 0.15) is 72.9 Å².